The number of carboxylic acid groups (broad SMARTS) is 1. The van der Waals surface area contributed by atoms with Gasteiger partial charge in [0.2, 0.25) is 0 Å². The summed E-state index contributed by atoms with van der Waals surface area (Å²) in [6.45, 7) is 4.86. The molecule has 0 spiro atoms. The fraction of sp³-hybridized carbons (Fsp3) is 0.836. The number of quaternary nitrogens is 1. The average Bonchev–Trinajstić information content (AvgIpc) is 3.26. The number of ether oxygens (including phenoxy) is 4. The van der Waals surface area contributed by atoms with Crippen LogP contribution in [0.3, 0.4) is 0 Å². The van der Waals surface area contributed by atoms with Crippen LogP contribution in [0, 0.1) is 0 Å². The maximum absolute atomic E-state index is 12.8. The van der Waals surface area contributed by atoms with Gasteiger partial charge >= 0.3 is 17.9 Å². The minimum atomic E-state index is -1.51. The number of nitrogens with zero attached hydrogens (tertiary/aromatic N) is 1. The molecule has 0 saturated carbocycles. The first-order valence-electron chi connectivity index (χ1n) is 26.7. The lowest BCUT2D eigenvalue weighted by atomic mass is 10.0. The Balaban J connectivity index is 4.32. The van der Waals surface area contributed by atoms with Gasteiger partial charge in [0.05, 0.1) is 34.4 Å². The predicted molar refractivity (Wildman–Crippen MR) is 267 cm³/mol. The van der Waals surface area contributed by atoms with Gasteiger partial charge < -0.3 is 28.5 Å². The summed E-state index contributed by atoms with van der Waals surface area (Å²) in [5, 5.41) is 9.68. The molecule has 0 fully saturated rings. The minimum Gasteiger partial charge on any atom is -0.477 e. The second-order valence-corrected chi connectivity index (χ2v) is 19.2. The topological polar surface area (TPSA) is 108 Å². The van der Waals surface area contributed by atoms with Crippen LogP contribution in [0.4, 0.5) is 0 Å². The lowest BCUT2D eigenvalue weighted by Gasteiger charge is -2.25. The largest absolute Gasteiger partial charge is 0.477 e. The van der Waals surface area contributed by atoms with E-state index in [4.69, 9.17) is 18.9 Å². The Hall–Kier alpha value is -2.49. The number of allylic oxidation sites excluding steroid dienone is 6. The molecule has 0 radical (unpaired) electrons. The molecule has 0 aliphatic rings. The molecule has 0 aliphatic carbocycles. The van der Waals surface area contributed by atoms with E-state index in [2.05, 4.69) is 50.3 Å². The smallest absolute Gasteiger partial charge is 0.361 e. The van der Waals surface area contributed by atoms with E-state index in [0.717, 1.165) is 57.8 Å². The molecule has 0 bridgehead atoms. The first kappa shape index (κ1) is 61.5. The van der Waals surface area contributed by atoms with E-state index < -0.39 is 24.3 Å². The number of esters is 2. The average molecular weight is 905 g/mol. The zero-order valence-corrected chi connectivity index (χ0v) is 42.4. The highest BCUT2D eigenvalue weighted by molar-refractivity contribution is 5.71. The molecule has 0 aromatic heterocycles. The van der Waals surface area contributed by atoms with E-state index in [9.17, 15) is 19.5 Å². The highest BCUT2D eigenvalue weighted by Gasteiger charge is 2.25. The van der Waals surface area contributed by atoms with Crippen molar-refractivity contribution in [1.82, 2.24) is 0 Å². The maximum atomic E-state index is 12.8. The van der Waals surface area contributed by atoms with Gasteiger partial charge in [-0.15, -0.1) is 0 Å². The number of hydrogen-bond acceptors (Lipinski definition) is 7. The van der Waals surface area contributed by atoms with E-state index >= 15 is 0 Å². The molecule has 0 saturated heterocycles. The van der Waals surface area contributed by atoms with Crippen molar-refractivity contribution in [2.75, 3.05) is 47.5 Å². The van der Waals surface area contributed by atoms with Crippen molar-refractivity contribution in [2.24, 2.45) is 0 Å². The predicted octanol–water partition coefficient (Wildman–Crippen LogP) is 15.0. The van der Waals surface area contributed by atoms with E-state index in [1.807, 2.05) is 21.1 Å². The summed E-state index contributed by atoms with van der Waals surface area (Å²) in [6.07, 6.45) is 52.0. The quantitative estimate of drug-likeness (QED) is 0.0211. The first-order chi connectivity index (χ1) is 31.1. The SMILES string of the molecule is CCCCC/C=C\C/C=C\C/C=C\CCCCCCCCC(=O)OC(COC(=O)CCCCCCCCCCCCCCCCCCCCCC)COC(OCC[N+](C)(C)C)C(=O)O. The monoisotopic (exact) mass is 905 g/mol. The molecule has 374 valence electrons. The first-order valence-corrected chi connectivity index (χ1v) is 26.7. The van der Waals surface area contributed by atoms with Gasteiger partial charge in [-0.05, 0) is 51.4 Å². The summed E-state index contributed by atoms with van der Waals surface area (Å²) in [6, 6.07) is 0. The fourth-order valence-electron chi connectivity index (χ4n) is 7.49. The van der Waals surface area contributed by atoms with E-state index in [-0.39, 0.29) is 32.2 Å². The Kier molecular flexibility index (Phi) is 45.2. The molecular weight excluding hydrogens is 803 g/mol. The summed E-state index contributed by atoms with van der Waals surface area (Å²) in [4.78, 5) is 37.3. The summed E-state index contributed by atoms with van der Waals surface area (Å²) in [5.41, 5.74) is 0. The second kappa shape index (κ2) is 47.0. The number of carboxylic acids is 1. The molecular formula is C55H102NO8+. The van der Waals surface area contributed by atoms with Gasteiger partial charge in [0, 0.05) is 12.8 Å². The summed E-state index contributed by atoms with van der Waals surface area (Å²) in [5.74, 6) is -2.01. The van der Waals surface area contributed by atoms with Crippen LogP contribution in [0.15, 0.2) is 36.5 Å². The van der Waals surface area contributed by atoms with Crippen LogP contribution in [0.2, 0.25) is 0 Å². The molecule has 0 aliphatic heterocycles. The Morgan fingerprint density at radius 2 is 0.844 bits per heavy atom. The van der Waals surface area contributed by atoms with Crippen LogP contribution in [-0.2, 0) is 33.3 Å². The van der Waals surface area contributed by atoms with E-state index in [1.165, 1.54) is 148 Å². The maximum Gasteiger partial charge on any atom is 0.361 e. The Bertz CT molecular complexity index is 1150. The van der Waals surface area contributed by atoms with Gasteiger partial charge in [-0.2, -0.15) is 0 Å². The molecule has 2 atom stereocenters. The van der Waals surface area contributed by atoms with Crippen LogP contribution in [0.1, 0.15) is 239 Å². The zero-order chi connectivity index (χ0) is 47.0. The molecule has 9 heteroatoms. The highest BCUT2D eigenvalue weighted by atomic mass is 16.7. The number of rotatable bonds is 49. The number of aliphatic carboxylic acids is 1. The number of unbranched alkanes of at least 4 members (excludes halogenated alkanes) is 28. The van der Waals surface area contributed by atoms with Crippen molar-refractivity contribution in [2.45, 2.75) is 251 Å². The number of carbonyl (C=O) groups is 3. The highest BCUT2D eigenvalue weighted by Crippen LogP contribution is 2.16. The van der Waals surface area contributed by atoms with Gasteiger partial charge in [-0.1, -0.05) is 211 Å². The van der Waals surface area contributed by atoms with Gasteiger partial charge in [0.1, 0.15) is 13.2 Å². The molecule has 64 heavy (non-hydrogen) atoms. The molecule has 0 rings (SSSR count). The van der Waals surface area contributed by atoms with Crippen LogP contribution >= 0.6 is 0 Å². The molecule has 0 amide bonds. The number of hydrogen-bond donors (Lipinski definition) is 1. The van der Waals surface area contributed by atoms with Crippen molar-refractivity contribution in [3.8, 4) is 0 Å². The third kappa shape index (κ3) is 47.5. The van der Waals surface area contributed by atoms with Gasteiger partial charge in [-0.3, -0.25) is 9.59 Å². The zero-order valence-electron chi connectivity index (χ0n) is 42.4. The van der Waals surface area contributed by atoms with Crippen molar-refractivity contribution in [3.05, 3.63) is 36.5 Å². The normalized spacial score (nSPS) is 13.1. The van der Waals surface area contributed by atoms with Crippen molar-refractivity contribution in [1.29, 1.82) is 0 Å². The van der Waals surface area contributed by atoms with Crippen LogP contribution < -0.4 is 0 Å². The summed E-state index contributed by atoms with van der Waals surface area (Å²) in [7, 11) is 5.96. The van der Waals surface area contributed by atoms with Crippen LogP contribution in [0.5, 0.6) is 0 Å². The Labute approximate surface area is 394 Å². The van der Waals surface area contributed by atoms with Gasteiger partial charge in [0.25, 0.3) is 6.29 Å². The lowest BCUT2D eigenvalue weighted by molar-refractivity contribution is -0.870. The minimum absolute atomic E-state index is 0.184. The third-order valence-electron chi connectivity index (χ3n) is 11.6. The van der Waals surface area contributed by atoms with E-state index in [1.54, 1.807) is 0 Å². The van der Waals surface area contributed by atoms with Crippen LogP contribution in [0.25, 0.3) is 0 Å². The van der Waals surface area contributed by atoms with Crippen LogP contribution in [-0.4, -0.2) is 87.4 Å². The Morgan fingerprint density at radius 3 is 1.28 bits per heavy atom. The lowest BCUT2D eigenvalue weighted by Crippen LogP contribution is -2.40. The molecule has 0 aromatic carbocycles. The van der Waals surface area contributed by atoms with Gasteiger partial charge in [0.15, 0.2) is 6.10 Å². The molecule has 2 unspecified atom stereocenters. The van der Waals surface area contributed by atoms with Crippen molar-refractivity contribution >= 4 is 17.9 Å². The number of carbonyl (C=O) groups excluding carboxylic acids is 2. The standard InChI is InChI=1S/C55H101NO8/c1-6-8-10-12-14-16-18-20-22-24-26-28-29-31-33-35-37-39-41-43-45-52(57)62-49-51(50-63-55(54(59)60)61-48-47-56(3,4)5)64-53(58)46-44-42-40-38-36-34-32-30-27-25-23-21-19-17-15-13-11-9-7-2/h15,17,21,23,27,30,51,55H,6-14,16,18-20,22,24-26,28-29,31-50H2,1-5H3/p+1/b17-15-,23-21-,30-27-. The van der Waals surface area contributed by atoms with Crippen molar-refractivity contribution < 1.29 is 42.9 Å². The molecule has 0 heterocycles. The molecule has 9 nitrogen and oxygen atoms in total. The Morgan fingerprint density at radius 1 is 0.469 bits per heavy atom. The number of likely N-dealkylation sites (N-methyl/N-ethyl adjacent to an activating group) is 1. The third-order valence-corrected chi connectivity index (χ3v) is 11.6. The summed E-state index contributed by atoms with van der Waals surface area (Å²) >= 11 is 0. The van der Waals surface area contributed by atoms with Gasteiger partial charge in [-0.25, -0.2) is 4.79 Å². The second-order valence-electron chi connectivity index (χ2n) is 19.2. The fourth-order valence-corrected chi connectivity index (χ4v) is 7.49. The molecule has 0 aromatic rings. The van der Waals surface area contributed by atoms with Crippen molar-refractivity contribution in [3.63, 3.8) is 0 Å². The summed E-state index contributed by atoms with van der Waals surface area (Å²) < 4.78 is 22.8. The van der Waals surface area contributed by atoms with E-state index in [0.29, 0.717) is 23.9 Å². The molecule has 1 N–H and O–H groups in total.